The van der Waals surface area contributed by atoms with E-state index in [-0.39, 0.29) is 12.4 Å². The lowest BCUT2D eigenvalue weighted by molar-refractivity contribution is -0.147. The van der Waals surface area contributed by atoms with E-state index in [1.165, 1.54) is 0 Å². The largest absolute Gasteiger partial charge is 0.392 e. The summed E-state index contributed by atoms with van der Waals surface area (Å²) in [6.07, 6.45) is 8.00. The highest BCUT2D eigenvalue weighted by Gasteiger charge is 2.29. The van der Waals surface area contributed by atoms with Crippen molar-refractivity contribution in [2.75, 3.05) is 19.8 Å². The fraction of sp³-hybridized carbons (Fsp3) is 0.818. The molecule has 0 aromatic carbocycles. The van der Waals surface area contributed by atoms with Crippen molar-refractivity contribution in [3.8, 4) is 0 Å². The summed E-state index contributed by atoms with van der Waals surface area (Å²) in [6.45, 7) is 3.59. The second-order valence-corrected chi connectivity index (χ2v) is 3.73. The van der Waals surface area contributed by atoms with Crippen LogP contribution in [0.1, 0.15) is 32.6 Å². The van der Waals surface area contributed by atoms with Gasteiger partial charge in [0.1, 0.15) is 0 Å². The minimum absolute atomic E-state index is 0.143. The highest BCUT2D eigenvalue weighted by molar-refractivity contribution is 4.80. The summed E-state index contributed by atoms with van der Waals surface area (Å²) in [6, 6.07) is 0. The van der Waals surface area contributed by atoms with Crippen molar-refractivity contribution in [2.24, 2.45) is 0 Å². The van der Waals surface area contributed by atoms with E-state index in [1.807, 2.05) is 13.0 Å². The summed E-state index contributed by atoms with van der Waals surface area (Å²) >= 11 is 0. The minimum atomic E-state index is -0.333. The van der Waals surface area contributed by atoms with Gasteiger partial charge >= 0.3 is 0 Å². The molecule has 0 aromatic heterocycles. The number of allylic oxidation sites excluding steroid dienone is 1. The van der Waals surface area contributed by atoms with Gasteiger partial charge < -0.3 is 14.6 Å². The number of hydrogen-bond acceptors (Lipinski definition) is 3. The Bertz CT molecular complexity index is 171. The standard InChI is InChI=1S/C11H20O3/c1-11(13-9-10-14-11)7-5-3-2-4-6-8-12/h4,6,12H,2-3,5,7-10H2,1H3/b6-4+. The van der Waals surface area contributed by atoms with Crippen molar-refractivity contribution in [1.82, 2.24) is 0 Å². The molecule has 0 aromatic rings. The van der Waals surface area contributed by atoms with Crippen LogP contribution in [0.3, 0.4) is 0 Å². The smallest absolute Gasteiger partial charge is 0.165 e. The molecule has 1 aliphatic rings. The minimum Gasteiger partial charge on any atom is -0.392 e. The van der Waals surface area contributed by atoms with Crippen LogP contribution >= 0.6 is 0 Å². The number of rotatable bonds is 6. The maximum Gasteiger partial charge on any atom is 0.165 e. The molecule has 1 saturated heterocycles. The van der Waals surface area contributed by atoms with Gasteiger partial charge in [0.05, 0.1) is 19.8 Å². The molecule has 1 aliphatic heterocycles. The first-order chi connectivity index (χ1) is 6.77. The van der Waals surface area contributed by atoms with Gasteiger partial charge in [-0.05, 0) is 26.2 Å². The zero-order chi connectivity index (χ0) is 10.3. The lowest BCUT2D eigenvalue weighted by Crippen LogP contribution is -2.24. The lowest BCUT2D eigenvalue weighted by atomic mass is 10.1. The van der Waals surface area contributed by atoms with Crippen molar-refractivity contribution in [1.29, 1.82) is 0 Å². The summed E-state index contributed by atoms with van der Waals surface area (Å²) in [5, 5.41) is 8.51. The van der Waals surface area contributed by atoms with Crippen LogP contribution in [0.4, 0.5) is 0 Å². The molecule has 14 heavy (non-hydrogen) atoms. The molecule has 0 bridgehead atoms. The van der Waals surface area contributed by atoms with Crippen LogP contribution < -0.4 is 0 Å². The molecule has 0 atom stereocenters. The summed E-state index contributed by atoms with van der Waals surface area (Å²) in [4.78, 5) is 0. The van der Waals surface area contributed by atoms with Crippen LogP contribution in [-0.2, 0) is 9.47 Å². The van der Waals surface area contributed by atoms with Gasteiger partial charge in [0, 0.05) is 6.42 Å². The average molecular weight is 200 g/mol. The van der Waals surface area contributed by atoms with E-state index in [4.69, 9.17) is 14.6 Å². The van der Waals surface area contributed by atoms with Crippen molar-refractivity contribution >= 4 is 0 Å². The van der Waals surface area contributed by atoms with Crippen molar-refractivity contribution in [3.63, 3.8) is 0 Å². The van der Waals surface area contributed by atoms with Crippen molar-refractivity contribution in [2.45, 2.75) is 38.4 Å². The van der Waals surface area contributed by atoms with E-state index >= 15 is 0 Å². The van der Waals surface area contributed by atoms with Gasteiger partial charge in [-0.3, -0.25) is 0 Å². The maximum atomic E-state index is 8.51. The Labute approximate surface area is 85.7 Å². The molecule has 0 aliphatic carbocycles. The van der Waals surface area contributed by atoms with Gasteiger partial charge in [0.15, 0.2) is 5.79 Å². The number of hydrogen-bond donors (Lipinski definition) is 1. The summed E-state index contributed by atoms with van der Waals surface area (Å²) in [5.74, 6) is -0.333. The Morgan fingerprint density at radius 3 is 2.57 bits per heavy atom. The molecule has 3 nitrogen and oxygen atoms in total. The molecule has 1 fully saturated rings. The summed E-state index contributed by atoms with van der Waals surface area (Å²) in [7, 11) is 0. The average Bonchev–Trinajstić information content (AvgIpc) is 2.59. The van der Waals surface area contributed by atoms with Crippen LogP contribution in [0.15, 0.2) is 12.2 Å². The van der Waals surface area contributed by atoms with E-state index in [9.17, 15) is 0 Å². The summed E-state index contributed by atoms with van der Waals surface area (Å²) < 4.78 is 11.0. The summed E-state index contributed by atoms with van der Waals surface area (Å²) in [5.41, 5.74) is 0. The second kappa shape index (κ2) is 6.17. The number of aliphatic hydroxyl groups is 1. The zero-order valence-electron chi connectivity index (χ0n) is 8.87. The Morgan fingerprint density at radius 1 is 1.21 bits per heavy atom. The van der Waals surface area contributed by atoms with Crippen LogP contribution in [0.5, 0.6) is 0 Å². The molecule has 1 rings (SSSR count). The third-order valence-electron chi connectivity index (χ3n) is 2.42. The first-order valence-electron chi connectivity index (χ1n) is 5.31. The van der Waals surface area contributed by atoms with Crippen LogP contribution in [-0.4, -0.2) is 30.7 Å². The predicted molar refractivity (Wildman–Crippen MR) is 55.0 cm³/mol. The molecular weight excluding hydrogens is 180 g/mol. The van der Waals surface area contributed by atoms with Crippen molar-refractivity contribution in [3.05, 3.63) is 12.2 Å². The SMILES string of the molecule is CC1(CCCC/C=C/CO)OCCO1. The quantitative estimate of drug-likeness (QED) is 0.525. The highest BCUT2D eigenvalue weighted by atomic mass is 16.7. The second-order valence-electron chi connectivity index (χ2n) is 3.73. The van der Waals surface area contributed by atoms with E-state index in [0.29, 0.717) is 0 Å². The number of ether oxygens (including phenoxy) is 2. The van der Waals surface area contributed by atoms with E-state index in [0.717, 1.165) is 38.9 Å². The number of aliphatic hydroxyl groups excluding tert-OH is 1. The Morgan fingerprint density at radius 2 is 1.93 bits per heavy atom. The highest BCUT2D eigenvalue weighted by Crippen LogP contribution is 2.24. The first kappa shape index (κ1) is 11.7. The molecule has 3 heteroatoms. The van der Waals surface area contributed by atoms with Crippen molar-refractivity contribution < 1.29 is 14.6 Å². The zero-order valence-corrected chi connectivity index (χ0v) is 8.87. The fourth-order valence-electron chi connectivity index (χ4n) is 1.60. The fourth-order valence-corrected chi connectivity index (χ4v) is 1.60. The molecule has 0 saturated carbocycles. The molecule has 0 unspecified atom stereocenters. The number of unbranched alkanes of at least 4 members (excludes halogenated alkanes) is 2. The maximum absolute atomic E-state index is 8.51. The third kappa shape index (κ3) is 4.22. The third-order valence-corrected chi connectivity index (χ3v) is 2.42. The van der Waals surface area contributed by atoms with Gasteiger partial charge in [0.2, 0.25) is 0 Å². The van der Waals surface area contributed by atoms with Crippen LogP contribution in [0, 0.1) is 0 Å². The van der Waals surface area contributed by atoms with Gasteiger partial charge in [-0.15, -0.1) is 0 Å². The van der Waals surface area contributed by atoms with Crippen LogP contribution in [0.2, 0.25) is 0 Å². The van der Waals surface area contributed by atoms with Gasteiger partial charge in [-0.2, -0.15) is 0 Å². The molecule has 1 heterocycles. The van der Waals surface area contributed by atoms with Gasteiger partial charge in [0.25, 0.3) is 0 Å². The first-order valence-corrected chi connectivity index (χ1v) is 5.31. The normalized spacial score (nSPS) is 20.7. The Balaban J connectivity index is 2.00. The molecule has 82 valence electrons. The van der Waals surface area contributed by atoms with E-state index in [2.05, 4.69) is 0 Å². The molecule has 0 radical (unpaired) electrons. The van der Waals surface area contributed by atoms with Gasteiger partial charge in [-0.1, -0.05) is 12.2 Å². The molecule has 0 amide bonds. The van der Waals surface area contributed by atoms with E-state index in [1.54, 1.807) is 6.08 Å². The molecule has 1 N–H and O–H groups in total. The molecule has 0 spiro atoms. The Hall–Kier alpha value is -0.380. The predicted octanol–water partition coefficient (Wildman–Crippen LogP) is 1.86. The van der Waals surface area contributed by atoms with E-state index < -0.39 is 0 Å². The van der Waals surface area contributed by atoms with Crippen LogP contribution in [0.25, 0.3) is 0 Å². The monoisotopic (exact) mass is 200 g/mol. The lowest BCUT2D eigenvalue weighted by Gasteiger charge is -2.21. The van der Waals surface area contributed by atoms with Gasteiger partial charge in [-0.25, -0.2) is 0 Å². The Kier molecular flexibility index (Phi) is 5.15. The molecular formula is C11H20O3. The topological polar surface area (TPSA) is 38.7 Å².